The molecule has 3 N–H and O–H groups in total. The molecule has 0 saturated carbocycles. The Hall–Kier alpha value is -3.51. The van der Waals surface area contributed by atoms with Gasteiger partial charge in [0.25, 0.3) is 5.91 Å². The second-order valence-electron chi connectivity index (χ2n) is 8.13. The Labute approximate surface area is 187 Å². The molecule has 0 spiro atoms. The van der Waals surface area contributed by atoms with Gasteiger partial charge in [-0.1, -0.05) is 75.4 Å². The number of benzene rings is 3. The molecule has 0 radical (unpaired) electrons. The molecular weight excluding hydrogens is 406 g/mol. The van der Waals surface area contributed by atoms with Crippen LogP contribution in [0, 0.1) is 0 Å². The average molecular weight is 432 g/mol. The van der Waals surface area contributed by atoms with Gasteiger partial charge in [-0.25, -0.2) is 0 Å². The monoisotopic (exact) mass is 431 g/mol. The lowest BCUT2D eigenvalue weighted by molar-refractivity contribution is -0.115. The zero-order valence-corrected chi connectivity index (χ0v) is 18.5. The van der Waals surface area contributed by atoms with Crippen molar-refractivity contribution in [2.45, 2.75) is 26.2 Å². The second kappa shape index (κ2) is 9.53. The predicted octanol–water partition coefficient (Wildman–Crippen LogP) is 4.49. The molecule has 5 nitrogen and oxygen atoms in total. The van der Waals surface area contributed by atoms with Crippen molar-refractivity contribution < 1.29 is 9.59 Å². The summed E-state index contributed by atoms with van der Waals surface area (Å²) in [5.41, 5.74) is 7.61. The lowest BCUT2D eigenvalue weighted by atomic mass is 9.87. The van der Waals surface area contributed by atoms with E-state index in [0.29, 0.717) is 5.56 Å². The Morgan fingerprint density at radius 3 is 2.26 bits per heavy atom. The highest BCUT2D eigenvalue weighted by atomic mass is 32.1. The van der Waals surface area contributed by atoms with E-state index in [4.69, 9.17) is 12.2 Å². The fourth-order valence-corrected chi connectivity index (χ4v) is 3.21. The molecule has 0 aliphatic carbocycles. The van der Waals surface area contributed by atoms with Crippen molar-refractivity contribution in [3.05, 3.63) is 89.5 Å². The Bertz CT molecular complexity index is 1140. The Kier molecular flexibility index (Phi) is 6.82. The highest BCUT2D eigenvalue weighted by molar-refractivity contribution is 7.80. The molecule has 0 saturated heterocycles. The second-order valence-corrected chi connectivity index (χ2v) is 8.53. The van der Waals surface area contributed by atoms with E-state index in [9.17, 15) is 9.59 Å². The topological polar surface area (TPSA) is 70.2 Å². The van der Waals surface area contributed by atoms with Gasteiger partial charge >= 0.3 is 0 Å². The fraction of sp³-hybridized carbons (Fsp3) is 0.160. The molecule has 3 aromatic carbocycles. The van der Waals surface area contributed by atoms with Crippen LogP contribution in [-0.2, 0) is 10.2 Å². The molecule has 3 rings (SSSR count). The van der Waals surface area contributed by atoms with Gasteiger partial charge in [-0.15, -0.1) is 0 Å². The molecule has 0 fully saturated rings. The molecule has 0 aliphatic rings. The van der Waals surface area contributed by atoms with E-state index < -0.39 is 5.91 Å². The number of carbonyl (C=O) groups is 2. The van der Waals surface area contributed by atoms with Crippen LogP contribution in [-0.4, -0.2) is 16.9 Å². The number of rotatable bonds is 3. The van der Waals surface area contributed by atoms with Gasteiger partial charge in [0.1, 0.15) is 0 Å². The maximum absolute atomic E-state index is 12.3. The van der Waals surface area contributed by atoms with Crippen molar-refractivity contribution in [3.8, 4) is 0 Å². The van der Waals surface area contributed by atoms with Gasteiger partial charge in [0.05, 0.1) is 0 Å². The summed E-state index contributed by atoms with van der Waals surface area (Å²) in [4.78, 5) is 24.4. The van der Waals surface area contributed by atoms with E-state index in [1.165, 1.54) is 6.08 Å². The molecule has 0 heterocycles. The Morgan fingerprint density at radius 2 is 1.55 bits per heavy atom. The number of fused-ring (bicyclic) bond motifs is 1. The maximum Gasteiger partial charge on any atom is 0.269 e. The SMILES string of the molecule is CC(C)(C)c1ccc(C(=O)NNC(=S)NC(=O)C=Cc2cccc3ccccc23)cc1. The third-order valence-electron chi connectivity index (χ3n) is 4.78. The number of hydrogen-bond acceptors (Lipinski definition) is 3. The number of carbonyl (C=O) groups excluding carboxylic acids is 2. The highest BCUT2D eigenvalue weighted by Crippen LogP contribution is 2.22. The quantitative estimate of drug-likeness (QED) is 0.325. The van der Waals surface area contributed by atoms with Gasteiger partial charge in [-0.2, -0.15) is 0 Å². The molecule has 6 heteroatoms. The first-order valence-corrected chi connectivity index (χ1v) is 10.3. The van der Waals surface area contributed by atoms with Crippen molar-refractivity contribution in [2.24, 2.45) is 0 Å². The standard InChI is InChI=1S/C25H25N3O2S/c1-25(2,3)20-14-11-19(12-15-20)23(30)27-28-24(31)26-22(29)16-13-18-9-6-8-17-7-4-5-10-21(17)18/h4-16H,1-3H3,(H,27,30)(H2,26,28,29,31). The first-order chi connectivity index (χ1) is 14.7. The molecule has 2 amide bonds. The van der Waals surface area contributed by atoms with Crippen LogP contribution in [0.4, 0.5) is 0 Å². The van der Waals surface area contributed by atoms with Crippen LogP contribution in [0.3, 0.4) is 0 Å². The zero-order chi connectivity index (χ0) is 22.4. The molecule has 31 heavy (non-hydrogen) atoms. The van der Waals surface area contributed by atoms with Gasteiger partial charge in [-0.3, -0.25) is 25.8 Å². The van der Waals surface area contributed by atoms with E-state index in [1.54, 1.807) is 18.2 Å². The number of hydrogen-bond donors (Lipinski definition) is 3. The molecule has 0 aliphatic heterocycles. The summed E-state index contributed by atoms with van der Waals surface area (Å²) in [6.45, 7) is 6.33. The predicted molar refractivity (Wildman–Crippen MR) is 129 cm³/mol. The summed E-state index contributed by atoms with van der Waals surface area (Å²) in [6, 6.07) is 21.2. The lowest BCUT2D eigenvalue weighted by Crippen LogP contribution is -2.48. The van der Waals surface area contributed by atoms with Crippen molar-refractivity contribution in [2.75, 3.05) is 0 Å². The number of thiocarbonyl (C=S) groups is 1. The van der Waals surface area contributed by atoms with Gasteiger partial charge in [0.2, 0.25) is 5.91 Å². The van der Waals surface area contributed by atoms with Crippen molar-refractivity contribution in [1.82, 2.24) is 16.2 Å². The Morgan fingerprint density at radius 1 is 0.871 bits per heavy atom. The minimum absolute atomic E-state index is 0.00670. The number of amides is 2. The van der Waals surface area contributed by atoms with Crippen LogP contribution in [0.15, 0.2) is 72.8 Å². The zero-order valence-electron chi connectivity index (χ0n) is 17.7. The van der Waals surface area contributed by atoms with Crippen molar-refractivity contribution in [1.29, 1.82) is 0 Å². The van der Waals surface area contributed by atoms with Gasteiger partial charge in [0.15, 0.2) is 5.11 Å². The summed E-state index contributed by atoms with van der Waals surface area (Å²) in [5, 5.41) is 4.67. The van der Waals surface area contributed by atoms with E-state index in [-0.39, 0.29) is 16.4 Å². The maximum atomic E-state index is 12.3. The van der Waals surface area contributed by atoms with E-state index >= 15 is 0 Å². The lowest BCUT2D eigenvalue weighted by Gasteiger charge is -2.19. The average Bonchev–Trinajstić information content (AvgIpc) is 2.75. The number of hydrazine groups is 1. The van der Waals surface area contributed by atoms with Crippen LogP contribution < -0.4 is 16.2 Å². The third-order valence-corrected chi connectivity index (χ3v) is 4.98. The van der Waals surface area contributed by atoms with Gasteiger partial charge in [-0.05, 0) is 57.7 Å². The van der Waals surface area contributed by atoms with E-state index in [2.05, 4.69) is 36.9 Å². The number of nitrogens with one attached hydrogen (secondary N) is 3. The summed E-state index contributed by atoms with van der Waals surface area (Å²) in [5.74, 6) is -0.738. The normalized spacial score (nSPS) is 11.3. The minimum Gasteiger partial charge on any atom is -0.298 e. The highest BCUT2D eigenvalue weighted by Gasteiger charge is 2.14. The first kappa shape index (κ1) is 22.2. The molecule has 0 bridgehead atoms. The molecular formula is C25H25N3O2S. The first-order valence-electron chi connectivity index (χ1n) is 9.92. The van der Waals surface area contributed by atoms with Crippen LogP contribution in [0.5, 0.6) is 0 Å². The van der Waals surface area contributed by atoms with Gasteiger partial charge < -0.3 is 0 Å². The fourth-order valence-electron chi connectivity index (χ4n) is 3.05. The van der Waals surface area contributed by atoms with Crippen LogP contribution in [0.1, 0.15) is 42.3 Å². The van der Waals surface area contributed by atoms with Crippen molar-refractivity contribution >= 4 is 46.0 Å². The molecule has 0 atom stereocenters. The summed E-state index contributed by atoms with van der Waals surface area (Å²) >= 11 is 5.08. The summed E-state index contributed by atoms with van der Waals surface area (Å²) in [7, 11) is 0. The molecule has 0 unspecified atom stereocenters. The van der Waals surface area contributed by atoms with Gasteiger partial charge in [0, 0.05) is 11.6 Å². The smallest absolute Gasteiger partial charge is 0.269 e. The summed E-state index contributed by atoms with van der Waals surface area (Å²) < 4.78 is 0. The molecule has 158 valence electrons. The van der Waals surface area contributed by atoms with Crippen molar-refractivity contribution in [3.63, 3.8) is 0 Å². The third kappa shape index (κ3) is 5.99. The van der Waals surface area contributed by atoms with Crippen LogP contribution in [0.25, 0.3) is 16.8 Å². The van der Waals surface area contributed by atoms with E-state index in [1.807, 2.05) is 54.6 Å². The molecule has 0 aromatic heterocycles. The Balaban J connectivity index is 1.52. The minimum atomic E-state index is -0.394. The largest absolute Gasteiger partial charge is 0.298 e. The van der Waals surface area contributed by atoms with Crippen LogP contribution >= 0.6 is 12.2 Å². The van der Waals surface area contributed by atoms with E-state index in [0.717, 1.165) is 21.9 Å². The molecule has 3 aromatic rings. The van der Waals surface area contributed by atoms with Crippen LogP contribution in [0.2, 0.25) is 0 Å². The summed E-state index contributed by atoms with van der Waals surface area (Å²) in [6.07, 6.45) is 3.14.